The fraction of sp³-hybridized carbons (Fsp3) is 0.571. The molecule has 2 nitrogen and oxygen atoms in total. The number of benzene rings is 1. The largest absolute Gasteiger partial charge is 0.385 e. The molecule has 0 bridgehead atoms. The number of hydrogen-bond donors (Lipinski definition) is 2. The lowest BCUT2D eigenvalue weighted by Crippen LogP contribution is -2.32. The molecule has 88 valence electrons. The van der Waals surface area contributed by atoms with Gasteiger partial charge in [0, 0.05) is 17.8 Å². The zero-order chi connectivity index (χ0) is 11.6. The minimum atomic E-state index is -0.0614. The Labute approximate surface area is 98.2 Å². The molecule has 1 aliphatic rings. The number of hydrogen-bond acceptors (Lipinski definition) is 2. The van der Waals surface area contributed by atoms with Gasteiger partial charge in [0.1, 0.15) is 0 Å². The summed E-state index contributed by atoms with van der Waals surface area (Å²) in [6.07, 6.45) is 4.58. The van der Waals surface area contributed by atoms with Crippen LogP contribution in [0.25, 0.3) is 0 Å². The topological polar surface area (TPSA) is 38.0 Å². The van der Waals surface area contributed by atoms with Crippen molar-refractivity contribution in [2.24, 2.45) is 5.73 Å². The standard InChI is InChI=1S/C14H22N2/c1-14(2,15)8-7-11-5-6-13-12(10-11)4-3-9-16-13/h5-6,10,16H,3-4,7-9,15H2,1-2H3. The molecule has 0 radical (unpaired) electrons. The minimum absolute atomic E-state index is 0.0614. The van der Waals surface area contributed by atoms with E-state index < -0.39 is 0 Å². The van der Waals surface area contributed by atoms with Crippen LogP contribution >= 0.6 is 0 Å². The van der Waals surface area contributed by atoms with E-state index in [4.69, 9.17) is 5.73 Å². The van der Waals surface area contributed by atoms with Crippen molar-refractivity contribution < 1.29 is 0 Å². The molecular weight excluding hydrogens is 196 g/mol. The van der Waals surface area contributed by atoms with Crippen LogP contribution in [-0.2, 0) is 12.8 Å². The summed E-state index contributed by atoms with van der Waals surface area (Å²) in [6.45, 7) is 5.29. The van der Waals surface area contributed by atoms with Crippen molar-refractivity contribution in [2.45, 2.75) is 45.1 Å². The molecule has 2 rings (SSSR count). The van der Waals surface area contributed by atoms with E-state index in [9.17, 15) is 0 Å². The molecule has 1 aromatic rings. The van der Waals surface area contributed by atoms with Crippen molar-refractivity contribution in [1.29, 1.82) is 0 Å². The number of aryl methyl sites for hydroxylation is 2. The fourth-order valence-electron chi connectivity index (χ4n) is 2.15. The normalized spacial score (nSPS) is 15.4. The van der Waals surface area contributed by atoms with Gasteiger partial charge >= 0.3 is 0 Å². The summed E-state index contributed by atoms with van der Waals surface area (Å²) in [6, 6.07) is 6.78. The lowest BCUT2D eigenvalue weighted by atomic mass is 9.94. The molecule has 0 fully saturated rings. The first-order valence-electron chi connectivity index (χ1n) is 6.19. The van der Waals surface area contributed by atoms with Crippen LogP contribution in [0.1, 0.15) is 37.8 Å². The third-order valence-corrected chi connectivity index (χ3v) is 3.17. The molecule has 0 amide bonds. The summed E-state index contributed by atoms with van der Waals surface area (Å²) in [5.41, 5.74) is 10.2. The van der Waals surface area contributed by atoms with Gasteiger partial charge in [0.15, 0.2) is 0 Å². The van der Waals surface area contributed by atoms with E-state index in [0.717, 1.165) is 19.4 Å². The molecule has 2 heteroatoms. The molecule has 0 aliphatic carbocycles. The van der Waals surface area contributed by atoms with Crippen LogP contribution in [0, 0.1) is 0 Å². The van der Waals surface area contributed by atoms with Crippen LogP contribution in [0.5, 0.6) is 0 Å². The number of nitrogens with two attached hydrogens (primary N) is 1. The predicted octanol–water partition coefficient (Wildman–Crippen LogP) is 2.71. The van der Waals surface area contributed by atoms with Gasteiger partial charge in [-0.2, -0.15) is 0 Å². The Morgan fingerprint density at radius 1 is 1.38 bits per heavy atom. The van der Waals surface area contributed by atoms with Crippen molar-refractivity contribution in [3.05, 3.63) is 29.3 Å². The quantitative estimate of drug-likeness (QED) is 0.818. The molecule has 0 spiro atoms. The summed E-state index contributed by atoms with van der Waals surface area (Å²) in [7, 11) is 0. The summed E-state index contributed by atoms with van der Waals surface area (Å²) < 4.78 is 0. The molecule has 1 aromatic carbocycles. The summed E-state index contributed by atoms with van der Waals surface area (Å²) in [5.74, 6) is 0. The van der Waals surface area contributed by atoms with Gasteiger partial charge in [0.25, 0.3) is 0 Å². The summed E-state index contributed by atoms with van der Waals surface area (Å²) in [5, 5.41) is 3.44. The van der Waals surface area contributed by atoms with Crippen LogP contribution in [-0.4, -0.2) is 12.1 Å². The molecular formula is C14H22N2. The highest BCUT2D eigenvalue weighted by molar-refractivity contribution is 5.54. The number of nitrogens with one attached hydrogen (secondary N) is 1. The first kappa shape index (κ1) is 11.5. The Bertz CT molecular complexity index is 363. The van der Waals surface area contributed by atoms with Crippen molar-refractivity contribution in [3.63, 3.8) is 0 Å². The molecule has 0 saturated carbocycles. The van der Waals surface area contributed by atoms with Crippen LogP contribution in [0.2, 0.25) is 0 Å². The maximum Gasteiger partial charge on any atom is 0.0372 e. The second kappa shape index (κ2) is 4.46. The Kier molecular flexibility index (Phi) is 3.20. The highest BCUT2D eigenvalue weighted by Gasteiger charge is 2.12. The lowest BCUT2D eigenvalue weighted by Gasteiger charge is -2.21. The molecule has 0 aromatic heterocycles. The predicted molar refractivity (Wildman–Crippen MR) is 69.8 cm³/mol. The Hall–Kier alpha value is -1.02. The number of fused-ring (bicyclic) bond motifs is 1. The van der Waals surface area contributed by atoms with Crippen LogP contribution in [0.15, 0.2) is 18.2 Å². The monoisotopic (exact) mass is 218 g/mol. The lowest BCUT2D eigenvalue weighted by molar-refractivity contribution is 0.477. The maximum atomic E-state index is 6.01. The molecule has 0 unspecified atom stereocenters. The summed E-state index contributed by atoms with van der Waals surface area (Å²) >= 11 is 0. The van der Waals surface area contributed by atoms with Crippen LogP contribution in [0.3, 0.4) is 0 Å². The first-order chi connectivity index (χ1) is 7.54. The van der Waals surface area contributed by atoms with Crippen LogP contribution in [0.4, 0.5) is 5.69 Å². The van der Waals surface area contributed by atoms with E-state index in [1.54, 1.807) is 0 Å². The molecule has 16 heavy (non-hydrogen) atoms. The zero-order valence-corrected chi connectivity index (χ0v) is 10.3. The van der Waals surface area contributed by atoms with Gasteiger partial charge in [-0.25, -0.2) is 0 Å². The van der Waals surface area contributed by atoms with Gasteiger partial charge in [-0.15, -0.1) is 0 Å². The van der Waals surface area contributed by atoms with Crippen molar-refractivity contribution in [2.75, 3.05) is 11.9 Å². The van der Waals surface area contributed by atoms with Gasteiger partial charge in [-0.3, -0.25) is 0 Å². The fourth-order valence-corrected chi connectivity index (χ4v) is 2.15. The van der Waals surface area contributed by atoms with Crippen molar-refractivity contribution in [1.82, 2.24) is 0 Å². The van der Waals surface area contributed by atoms with Gasteiger partial charge in [-0.05, 0) is 56.7 Å². The Morgan fingerprint density at radius 3 is 2.94 bits per heavy atom. The maximum absolute atomic E-state index is 6.01. The molecule has 0 atom stereocenters. The third kappa shape index (κ3) is 2.99. The van der Waals surface area contributed by atoms with E-state index >= 15 is 0 Å². The molecule has 3 N–H and O–H groups in total. The highest BCUT2D eigenvalue weighted by atomic mass is 14.9. The first-order valence-corrected chi connectivity index (χ1v) is 6.19. The SMILES string of the molecule is CC(C)(N)CCc1ccc2c(c1)CCCN2. The second-order valence-corrected chi connectivity index (χ2v) is 5.51. The molecule has 0 saturated heterocycles. The van der Waals surface area contributed by atoms with Crippen molar-refractivity contribution >= 4 is 5.69 Å². The number of rotatable bonds is 3. The summed E-state index contributed by atoms with van der Waals surface area (Å²) in [4.78, 5) is 0. The Balaban J connectivity index is 2.06. The van der Waals surface area contributed by atoms with E-state index in [1.807, 2.05) is 0 Å². The molecule has 1 heterocycles. The van der Waals surface area contributed by atoms with Gasteiger partial charge in [0.05, 0.1) is 0 Å². The average Bonchev–Trinajstić information content (AvgIpc) is 2.25. The van der Waals surface area contributed by atoms with Crippen LogP contribution < -0.4 is 11.1 Å². The van der Waals surface area contributed by atoms with Gasteiger partial charge < -0.3 is 11.1 Å². The van der Waals surface area contributed by atoms with E-state index in [0.29, 0.717) is 0 Å². The third-order valence-electron chi connectivity index (χ3n) is 3.17. The smallest absolute Gasteiger partial charge is 0.0372 e. The van der Waals surface area contributed by atoms with E-state index in [-0.39, 0.29) is 5.54 Å². The minimum Gasteiger partial charge on any atom is -0.385 e. The van der Waals surface area contributed by atoms with Gasteiger partial charge in [-0.1, -0.05) is 12.1 Å². The second-order valence-electron chi connectivity index (χ2n) is 5.51. The van der Waals surface area contributed by atoms with E-state index in [1.165, 1.54) is 29.7 Å². The Morgan fingerprint density at radius 2 is 2.19 bits per heavy atom. The van der Waals surface area contributed by atoms with Gasteiger partial charge in [0.2, 0.25) is 0 Å². The average molecular weight is 218 g/mol. The van der Waals surface area contributed by atoms with E-state index in [2.05, 4.69) is 37.4 Å². The van der Waals surface area contributed by atoms with Crippen molar-refractivity contribution in [3.8, 4) is 0 Å². The number of anilines is 1. The highest BCUT2D eigenvalue weighted by Crippen LogP contribution is 2.24. The molecule has 1 aliphatic heterocycles. The zero-order valence-electron chi connectivity index (χ0n) is 10.3.